The van der Waals surface area contributed by atoms with E-state index in [1.165, 1.54) is 13.8 Å². The van der Waals surface area contributed by atoms with Crippen molar-refractivity contribution in [3.8, 4) is 0 Å². The van der Waals surface area contributed by atoms with E-state index < -0.39 is 40.9 Å². The first-order valence-electron chi connectivity index (χ1n) is 8.72. The summed E-state index contributed by atoms with van der Waals surface area (Å²) in [6.07, 6.45) is -4.86. The highest BCUT2D eigenvalue weighted by Gasteiger charge is 2.72. The molecule has 0 N–H and O–H groups in total. The molecule has 0 amide bonds. The first kappa shape index (κ1) is 22.9. The molecule has 1 saturated heterocycles. The number of hydrogen-bond acceptors (Lipinski definition) is 3. The molecule has 1 rings (SSSR count). The molecule has 4 unspecified atom stereocenters. The molecule has 1 aliphatic heterocycles. The van der Waals surface area contributed by atoms with E-state index in [-0.39, 0.29) is 12.5 Å². The van der Waals surface area contributed by atoms with Gasteiger partial charge in [-0.15, -0.1) is 0 Å². The molecule has 1 heterocycles. The molecular weight excluding hydrogens is 352 g/mol. The van der Waals surface area contributed by atoms with E-state index in [2.05, 4.69) is 0 Å². The van der Waals surface area contributed by atoms with E-state index in [0.29, 0.717) is 6.92 Å². The topological polar surface area (TPSA) is 35.5 Å². The number of halogens is 4. The lowest BCUT2D eigenvalue weighted by atomic mass is 9.68. The predicted octanol–water partition coefficient (Wildman–Crippen LogP) is 5.24. The monoisotopic (exact) mass is 382 g/mol. The maximum atomic E-state index is 15.5. The summed E-state index contributed by atoms with van der Waals surface area (Å²) in [5.74, 6) is -1.53. The lowest BCUT2D eigenvalue weighted by Gasteiger charge is -2.54. The van der Waals surface area contributed by atoms with Gasteiger partial charge in [0.25, 0.3) is 0 Å². The molecule has 0 aromatic rings. The minimum atomic E-state index is -4.95. The largest absolute Gasteiger partial charge is 0.458 e. The summed E-state index contributed by atoms with van der Waals surface area (Å²) in [6.45, 7) is 11.4. The van der Waals surface area contributed by atoms with Crippen LogP contribution in [0.4, 0.5) is 17.6 Å². The minimum absolute atomic E-state index is 0.139. The quantitative estimate of drug-likeness (QED) is 0.379. The van der Waals surface area contributed by atoms with Crippen LogP contribution in [0.5, 0.6) is 0 Å². The Labute approximate surface area is 153 Å². The number of carbonyl (C=O) groups excluding carboxylic acids is 1. The lowest BCUT2D eigenvalue weighted by Crippen LogP contribution is -2.72. The zero-order valence-electron chi connectivity index (χ0n) is 16.8. The van der Waals surface area contributed by atoms with Crippen molar-refractivity contribution in [1.29, 1.82) is 0 Å². The van der Waals surface area contributed by atoms with Gasteiger partial charge in [-0.1, -0.05) is 39.3 Å². The van der Waals surface area contributed by atoms with Crippen LogP contribution < -0.4 is 0 Å². The van der Waals surface area contributed by atoms with Crippen molar-refractivity contribution in [2.75, 3.05) is 6.61 Å². The Bertz CT molecular complexity index is 560. The second-order valence-corrected chi connectivity index (χ2v) is 8.71. The highest BCUT2D eigenvalue weighted by Crippen LogP contribution is 2.53. The zero-order chi connectivity index (χ0) is 20.7. The van der Waals surface area contributed by atoms with Crippen LogP contribution in [0.25, 0.3) is 0 Å². The van der Waals surface area contributed by atoms with Crippen molar-refractivity contribution in [3.63, 3.8) is 0 Å². The molecule has 0 saturated carbocycles. The van der Waals surface area contributed by atoms with E-state index in [4.69, 9.17) is 9.47 Å². The van der Waals surface area contributed by atoms with Crippen molar-refractivity contribution < 1.29 is 31.8 Å². The maximum absolute atomic E-state index is 15.5. The Kier molecular flexibility index (Phi) is 6.29. The maximum Gasteiger partial charge on any atom is 0.420 e. The third kappa shape index (κ3) is 4.07. The van der Waals surface area contributed by atoms with Gasteiger partial charge in [-0.05, 0) is 33.6 Å². The van der Waals surface area contributed by atoms with Gasteiger partial charge in [-0.2, -0.15) is 13.2 Å². The highest BCUT2D eigenvalue weighted by atomic mass is 19.4. The van der Waals surface area contributed by atoms with E-state index in [9.17, 15) is 18.0 Å². The molecule has 0 aromatic carbocycles. The van der Waals surface area contributed by atoms with Gasteiger partial charge in [0.05, 0.1) is 12.5 Å². The molecule has 1 fully saturated rings. The van der Waals surface area contributed by atoms with Gasteiger partial charge in [0.1, 0.15) is 6.10 Å². The van der Waals surface area contributed by atoms with Gasteiger partial charge in [0.15, 0.2) is 11.3 Å². The number of allylic oxidation sites excluding steroid dienone is 1. The molecule has 0 aliphatic carbocycles. The van der Waals surface area contributed by atoms with Gasteiger partial charge in [0, 0.05) is 5.41 Å². The molecular formula is C19H30F4O3. The number of carbonyl (C=O) groups is 1. The summed E-state index contributed by atoms with van der Waals surface area (Å²) < 4.78 is 66.4. The van der Waals surface area contributed by atoms with Gasteiger partial charge in [-0.25, -0.2) is 4.39 Å². The van der Waals surface area contributed by atoms with E-state index >= 15 is 4.39 Å². The van der Waals surface area contributed by atoms with Crippen molar-refractivity contribution in [1.82, 2.24) is 0 Å². The second kappa shape index (κ2) is 7.13. The van der Waals surface area contributed by atoms with Crippen molar-refractivity contribution >= 4 is 5.97 Å². The fourth-order valence-electron chi connectivity index (χ4n) is 3.25. The van der Waals surface area contributed by atoms with E-state index in [0.717, 1.165) is 12.5 Å². The Morgan fingerprint density at radius 3 is 2.08 bits per heavy atom. The average molecular weight is 382 g/mol. The Morgan fingerprint density at radius 2 is 1.69 bits per heavy atom. The molecule has 0 bridgehead atoms. The molecule has 0 spiro atoms. The molecule has 0 radical (unpaired) electrons. The van der Waals surface area contributed by atoms with Gasteiger partial charge in [0.2, 0.25) is 0 Å². The van der Waals surface area contributed by atoms with Gasteiger partial charge >= 0.3 is 12.1 Å². The van der Waals surface area contributed by atoms with Crippen LogP contribution in [-0.2, 0) is 14.3 Å². The van der Waals surface area contributed by atoms with Gasteiger partial charge in [-0.3, -0.25) is 4.79 Å². The molecule has 3 nitrogen and oxygen atoms in total. The fraction of sp³-hybridized carbons (Fsp3) is 0.842. The fourth-order valence-corrected chi connectivity index (χ4v) is 3.25. The summed E-state index contributed by atoms with van der Waals surface area (Å²) in [4.78, 5) is 12.7. The number of alkyl halides is 4. The summed E-state index contributed by atoms with van der Waals surface area (Å²) in [5, 5.41) is 0. The molecule has 0 aromatic heterocycles. The number of hydrogen-bond donors (Lipinski definition) is 0. The van der Waals surface area contributed by atoms with Gasteiger partial charge < -0.3 is 9.47 Å². The Balaban J connectivity index is 3.29. The predicted molar refractivity (Wildman–Crippen MR) is 91.3 cm³/mol. The van der Waals surface area contributed by atoms with Crippen LogP contribution >= 0.6 is 0 Å². The highest BCUT2D eigenvalue weighted by molar-refractivity contribution is 5.75. The third-order valence-electron chi connectivity index (χ3n) is 5.15. The summed E-state index contributed by atoms with van der Waals surface area (Å²) >= 11 is 0. The SMILES string of the molecule is CC(C)=CC(C(=O)OC1C(C)(C)COC(C)(C(F)(F)F)C1(C)F)C(C)C. The van der Waals surface area contributed by atoms with Crippen LogP contribution in [0.1, 0.15) is 55.4 Å². The van der Waals surface area contributed by atoms with Crippen molar-refractivity contribution in [2.45, 2.75) is 78.9 Å². The summed E-state index contributed by atoms with van der Waals surface area (Å²) in [5.41, 5.74) is -6.26. The van der Waals surface area contributed by atoms with E-state index in [1.807, 2.05) is 0 Å². The van der Waals surface area contributed by atoms with Crippen molar-refractivity contribution in [3.05, 3.63) is 11.6 Å². The van der Waals surface area contributed by atoms with Crippen LogP contribution in [0.3, 0.4) is 0 Å². The zero-order valence-corrected chi connectivity index (χ0v) is 16.8. The molecule has 26 heavy (non-hydrogen) atoms. The Morgan fingerprint density at radius 1 is 1.19 bits per heavy atom. The number of ether oxygens (including phenoxy) is 2. The van der Waals surface area contributed by atoms with E-state index in [1.54, 1.807) is 33.8 Å². The molecule has 7 heteroatoms. The standard InChI is InChI=1S/C19H30F4O3/c1-11(2)9-13(12(3)4)14(24)26-15-16(5,6)10-25-18(8,17(15,7)20)19(21,22)23/h9,12-13,15H,10H2,1-8H3. The Hall–Kier alpha value is -1.11. The minimum Gasteiger partial charge on any atom is -0.458 e. The first-order valence-corrected chi connectivity index (χ1v) is 8.72. The average Bonchev–Trinajstić information content (AvgIpc) is 2.44. The summed E-state index contributed by atoms with van der Waals surface area (Å²) in [6, 6.07) is 0. The van der Waals surface area contributed by atoms with Crippen LogP contribution in [-0.4, -0.2) is 36.1 Å². The smallest absolute Gasteiger partial charge is 0.420 e. The summed E-state index contributed by atoms with van der Waals surface area (Å²) in [7, 11) is 0. The van der Waals surface area contributed by atoms with Crippen LogP contribution in [0.2, 0.25) is 0 Å². The lowest BCUT2D eigenvalue weighted by molar-refractivity contribution is -0.360. The second-order valence-electron chi connectivity index (χ2n) is 8.71. The molecule has 4 atom stereocenters. The molecule has 1 aliphatic rings. The first-order chi connectivity index (χ1) is 11.5. The molecule has 152 valence electrons. The third-order valence-corrected chi connectivity index (χ3v) is 5.15. The number of rotatable bonds is 4. The van der Waals surface area contributed by atoms with Crippen LogP contribution in [0.15, 0.2) is 11.6 Å². The number of esters is 1. The van der Waals surface area contributed by atoms with Crippen LogP contribution in [0, 0.1) is 17.3 Å². The van der Waals surface area contributed by atoms with Crippen molar-refractivity contribution in [2.24, 2.45) is 17.3 Å². The normalized spacial score (nSPS) is 32.9.